The van der Waals surface area contributed by atoms with E-state index in [1.165, 1.54) is 180 Å². The number of halogens is 1. The maximum absolute atomic E-state index is 13.2. The lowest BCUT2D eigenvalue weighted by molar-refractivity contribution is 0.0869. The van der Waals surface area contributed by atoms with Crippen LogP contribution in [0.2, 0.25) is 5.02 Å². The van der Waals surface area contributed by atoms with Crippen molar-refractivity contribution in [3.63, 3.8) is 0 Å². The molecule has 0 aliphatic carbocycles. The molecule has 3 heteroatoms. The first-order valence-corrected chi connectivity index (χ1v) is 20.5. The number of allylic oxidation sites excluding steroid dienone is 2. The molecular weight excluding hydrogens is 582 g/mol. The lowest BCUT2D eigenvalue weighted by Gasteiger charge is -2.14. The molecule has 1 aromatic carbocycles. The van der Waals surface area contributed by atoms with Gasteiger partial charge in [-0.1, -0.05) is 205 Å². The van der Waals surface area contributed by atoms with Crippen LogP contribution in [0, 0.1) is 0 Å². The van der Waals surface area contributed by atoms with Crippen molar-refractivity contribution in [2.45, 2.75) is 206 Å². The topological polar surface area (TPSA) is 20.3 Å². The quantitative estimate of drug-likeness (QED) is 0.0690. The summed E-state index contributed by atoms with van der Waals surface area (Å²) in [7, 11) is 0. The van der Waals surface area contributed by atoms with Gasteiger partial charge in [-0.25, -0.2) is 0 Å². The Hall–Kier alpha value is -1.54. The number of rotatable bonds is 33. The molecule has 0 fully saturated rings. The first kappa shape index (κ1) is 42.5. The van der Waals surface area contributed by atoms with Crippen molar-refractivity contribution in [1.29, 1.82) is 0 Å². The van der Waals surface area contributed by atoms with E-state index in [4.69, 9.17) is 11.6 Å². The zero-order valence-corrected chi connectivity index (χ0v) is 31.3. The van der Waals surface area contributed by atoms with Crippen molar-refractivity contribution < 1.29 is 4.79 Å². The van der Waals surface area contributed by atoms with Gasteiger partial charge in [-0.05, 0) is 49.9 Å². The minimum Gasteiger partial charge on any atom is -0.291 e. The minimum atomic E-state index is 0.00563. The van der Waals surface area contributed by atoms with Gasteiger partial charge >= 0.3 is 0 Å². The van der Waals surface area contributed by atoms with E-state index >= 15 is 0 Å². The summed E-state index contributed by atoms with van der Waals surface area (Å²) in [4.78, 5) is 15.0. The molecule has 2 nitrogen and oxygen atoms in total. The Labute approximate surface area is 292 Å². The second-order valence-electron chi connectivity index (χ2n) is 13.8. The summed E-state index contributed by atoms with van der Waals surface area (Å²) in [5, 5.41) is 0.657. The van der Waals surface area contributed by atoms with E-state index in [-0.39, 0.29) is 5.91 Å². The average Bonchev–Trinajstić information content (AvgIpc) is 3.07. The molecule has 0 unspecified atom stereocenters. The summed E-state index contributed by atoms with van der Waals surface area (Å²) in [5.41, 5.74) is 0.673. The Balaban J connectivity index is 2.19. The molecule has 0 radical (unpaired) electrons. The molecule has 0 N–H and O–H groups in total. The van der Waals surface area contributed by atoms with E-state index in [1.807, 2.05) is 24.5 Å². The highest BCUT2D eigenvalue weighted by molar-refractivity contribution is 6.30. The highest BCUT2D eigenvalue weighted by Crippen LogP contribution is 2.17. The molecule has 1 aromatic rings. The first-order valence-electron chi connectivity index (χ1n) is 20.1. The molecule has 0 saturated heterocycles. The summed E-state index contributed by atoms with van der Waals surface area (Å²) in [6.45, 7) is 4.58. The van der Waals surface area contributed by atoms with E-state index in [0.717, 1.165) is 12.8 Å². The third kappa shape index (κ3) is 26.5. The molecule has 0 aliphatic heterocycles. The molecule has 264 valence electrons. The van der Waals surface area contributed by atoms with E-state index in [2.05, 4.69) is 26.0 Å². The zero-order valence-electron chi connectivity index (χ0n) is 30.6. The van der Waals surface area contributed by atoms with Crippen molar-refractivity contribution in [3.8, 4) is 0 Å². The van der Waals surface area contributed by atoms with Gasteiger partial charge in [0.2, 0.25) is 0 Å². The summed E-state index contributed by atoms with van der Waals surface area (Å²) in [6.07, 6.45) is 48.9. The number of amides is 1. The predicted octanol–water partition coefficient (Wildman–Crippen LogP) is 15.6. The SMILES string of the molecule is CCCCCCCCCCCCCCCCC=CN(C=CCCCCCCCCCCCCCCCC)C(=O)c1ccc(Cl)cc1. The third-order valence-corrected chi connectivity index (χ3v) is 9.56. The molecule has 1 amide bonds. The van der Waals surface area contributed by atoms with Gasteiger partial charge in [-0.15, -0.1) is 0 Å². The molecule has 0 aromatic heterocycles. The number of hydrogen-bond acceptors (Lipinski definition) is 1. The van der Waals surface area contributed by atoms with Crippen LogP contribution in [0.25, 0.3) is 0 Å². The van der Waals surface area contributed by atoms with E-state index in [9.17, 15) is 4.79 Å². The fraction of sp³-hybridized carbons (Fsp3) is 0.744. The normalized spacial score (nSPS) is 11.7. The highest BCUT2D eigenvalue weighted by atomic mass is 35.5. The molecule has 1 rings (SSSR count). The first-order chi connectivity index (χ1) is 22.7. The summed E-state index contributed by atoms with van der Waals surface area (Å²) in [6, 6.07) is 7.23. The van der Waals surface area contributed by atoms with Crippen molar-refractivity contribution in [2.75, 3.05) is 0 Å². The standard InChI is InChI=1S/C43H74ClNO/c1-3-5-7-9-11-13-15-17-19-21-23-25-27-29-31-33-39-45(43(46)41-35-37-42(44)38-36-41)40-34-32-30-28-26-24-22-20-18-16-14-12-10-8-6-4-2/h33-40H,3-32H2,1-2H3. The lowest BCUT2D eigenvalue weighted by atomic mass is 10.0. The molecule has 0 heterocycles. The van der Waals surface area contributed by atoms with Crippen LogP contribution >= 0.6 is 11.6 Å². The fourth-order valence-electron chi connectivity index (χ4n) is 6.22. The number of carbonyl (C=O) groups is 1. The molecule has 0 saturated carbocycles. The molecule has 46 heavy (non-hydrogen) atoms. The fourth-order valence-corrected chi connectivity index (χ4v) is 6.34. The van der Waals surface area contributed by atoms with Gasteiger partial charge in [0.05, 0.1) is 0 Å². The van der Waals surface area contributed by atoms with Crippen LogP contribution in [0.3, 0.4) is 0 Å². The van der Waals surface area contributed by atoms with Gasteiger partial charge in [-0.2, -0.15) is 0 Å². The predicted molar refractivity (Wildman–Crippen MR) is 206 cm³/mol. The van der Waals surface area contributed by atoms with Crippen LogP contribution in [0.1, 0.15) is 217 Å². The number of benzene rings is 1. The van der Waals surface area contributed by atoms with Gasteiger partial charge in [-0.3, -0.25) is 9.69 Å². The molecule has 0 aliphatic rings. The van der Waals surface area contributed by atoms with Crippen molar-refractivity contribution in [1.82, 2.24) is 4.90 Å². The van der Waals surface area contributed by atoms with Gasteiger partial charge in [0, 0.05) is 23.0 Å². The molecule has 0 atom stereocenters. The average molecular weight is 657 g/mol. The van der Waals surface area contributed by atoms with Crippen LogP contribution in [0.4, 0.5) is 0 Å². The Bertz CT molecular complexity index is 803. The van der Waals surface area contributed by atoms with Gasteiger partial charge in [0.25, 0.3) is 5.91 Å². The molecular formula is C43H74ClNO. The summed E-state index contributed by atoms with van der Waals surface area (Å²) < 4.78 is 0. The number of carbonyl (C=O) groups excluding carboxylic acids is 1. The van der Waals surface area contributed by atoms with Crippen molar-refractivity contribution in [2.24, 2.45) is 0 Å². The van der Waals surface area contributed by atoms with Crippen LogP contribution in [-0.2, 0) is 0 Å². The van der Waals surface area contributed by atoms with Crippen molar-refractivity contribution >= 4 is 17.5 Å². The maximum atomic E-state index is 13.2. The summed E-state index contributed by atoms with van der Waals surface area (Å²) >= 11 is 6.07. The number of hydrogen-bond donors (Lipinski definition) is 0. The Kier molecular flexibility index (Phi) is 30.8. The van der Waals surface area contributed by atoms with Crippen LogP contribution in [0.5, 0.6) is 0 Å². The maximum Gasteiger partial charge on any atom is 0.261 e. The van der Waals surface area contributed by atoms with Crippen molar-refractivity contribution in [3.05, 3.63) is 59.4 Å². The molecule has 0 spiro atoms. The lowest BCUT2D eigenvalue weighted by Crippen LogP contribution is -2.19. The highest BCUT2D eigenvalue weighted by Gasteiger charge is 2.11. The van der Waals surface area contributed by atoms with Crippen LogP contribution in [-0.4, -0.2) is 10.8 Å². The van der Waals surface area contributed by atoms with E-state index in [0.29, 0.717) is 10.6 Å². The zero-order chi connectivity index (χ0) is 33.2. The third-order valence-electron chi connectivity index (χ3n) is 9.31. The monoisotopic (exact) mass is 656 g/mol. The van der Waals surface area contributed by atoms with Gasteiger partial charge < -0.3 is 0 Å². The Morgan fingerprint density at radius 2 is 0.761 bits per heavy atom. The second-order valence-corrected chi connectivity index (χ2v) is 14.2. The van der Waals surface area contributed by atoms with E-state index < -0.39 is 0 Å². The van der Waals surface area contributed by atoms with Crippen LogP contribution < -0.4 is 0 Å². The smallest absolute Gasteiger partial charge is 0.261 e. The van der Waals surface area contributed by atoms with Gasteiger partial charge in [0.1, 0.15) is 0 Å². The van der Waals surface area contributed by atoms with Gasteiger partial charge in [0.15, 0.2) is 0 Å². The largest absolute Gasteiger partial charge is 0.291 e. The summed E-state index contributed by atoms with van der Waals surface area (Å²) in [5.74, 6) is 0.00563. The van der Waals surface area contributed by atoms with Crippen LogP contribution in [0.15, 0.2) is 48.8 Å². The Morgan fingerprint density at radius 3 is 1.07 bits per heavy atom. The number of unbranched alkanes of at least 4 members (excludes halogenated alkanes) is 28. The molecule has 0 bridgehead atoms. The number of nitrogens with zero attached hydrogens (tertiary/aromatic N) is 1. The van der Waals surface area contributed by atoms with E-state index in [1.54, 1.807) is 17.0 Å². The minimum absolute atomic E-state index is 0.00563. The second kappa shape index (κ2) is 33.4. The Morgan fingerprint density at radius 1 is 0.478 bits per heavy atom.